The van der Waals surface area contributed by atoms with E-state index < -0.39 is 0 Å². The number of carbonyl (C=O) groups is 1. The van der Waals surface area contributed by atoms with Gasteiger partial charge >= 0.3 is 6.09 Å². The van der Waals surface area contributed by atoms with E-state index in [9.17, 15) is 9.90 Å². The minimum Gasteiger partial charge on any atom is -0.445 e. The van der Waals surface area contributed by atoms with Crippen molar-refractivity contribution in [2.75, 3.05) is 6.61 Å². The number of ether oxygens (including phenoxy) is 1. The summed E-state index contributed by atoms with van der Waals surface area (Å²) in [6.45, 7) is 2.45. The molecule has 116 valence electrons. The Morgan fingerprint density at radius 1 is 1.29 bits per heavy atom. The Morgan fingerprint density at radius 3 is 2.67 bits per heavy atom. The van der Waals surface area contributed by atoms with Crippen molar-refractivity contribution in [1.29, 1.82) is 0 Å². The molecule has 1 aliphatic rings. The molecule has 21 heavy (non-hydrogen) atoms. The largest absolute Gasteiger partial charge is 0.445 e. The predicted molar refractivity (Wildman–Crippen MR) is 81.9 cm³/mol. The first-order chi connectivity index (χ1) is 10.3. The van der Waals surface area contributed by atoms with Crippen LogP contribution >= 0.6 is 0 Å². The molecule has 1 N–H and O–H groups in total. The fourth-order valence-electron chi connectivity index (χ4n) is 2.96. The highest BCUT2D eigenvalue weighted by molar-refractivity contribution is 5.69. The number of likely N-dealkylation sites (tertiary alicyclic amines) is 1. The second-order valence-corrected chi connectivity index (χ2v) is 5.66. The maximum absolute atomic E-state index is 12.4. The van der Waals surface area contributed by atoms with Crippen LogP contribution in [0.3, 0.4) is 0 Å². The highest BCUT2D eigenvalue weighted by atomic mass is 16.6. The van der Waals surface area contributed by atoms with Crippen LogP contribution in [0, 0.1) is 0 Å². The molecular weight excluding hydrogens is 266 g/mol. The fourth-order valence-corrected chi connectivity index (χ4v) is 2.96. The Kier molecular flexibility index (Phi) is 6.05. The van der Waals surface area contributed by atoms with E-state index in [-0.39, 0.29) is 31.4 Å². The molecule has 4 heteroatoms. The Balaban J connectivity index is 1.93. The van der Waals surface area contributed by atoms with Crippen molar-refractivity contribution >= 4 is 6.09 Å². The lowest BCUT2D eigenvalue weighted by Gasteiger charge is -2.28. The van der Waals surface area contributed by atoms with Gasteiger partial charge in [0, 0.05) is 6.04 Å². The van der Waals surface area contributed by atoms with Gasteiger partial charge in [0.05, 0.1) is 12.6 Å². The van der Waals surface area contributed by atoms with Gasteiger partial charge in [0.15, 0.2) is 0 Å². The van der Waals surface area contributed by atoms with Gasteiger partial charge in [0.1, 0.15) is 6.61 Å². The second kappa shape index (κ2) is 8.03. The van der Waals surface area contributed by atoms with E-state index in [0.717, 1.165) is 37.7 Å². The lowest BCUT2D eigenvalue weighted by atomic mass is 10.1. The van der Waals surface area contributed by atoms with E-state index in [2.05, 4.69) is 6.92 Å². The van der Waals surface area contributed by atoms with Crippen LogP contribution in [-0.2, 0) is 11.3 Å². The second-order valence-electron chi connectivity index (χ2n) is 5.66. The van der Waals surface area contributed by atoms with E-state index in [1.54, 1.807) is 4.90 Å². The smallest absolute Gasteiger partial charge is 0.410 e. The number of aliphatic hydroxyl groups is 1. The highest BCUT2D eigenvalue weighted by Crippen LogP contribution is 2.28. The molecule has 2 atom stereocenters. The minimum atomic E-state index is -0.295. The van der Waals surface area contributed by atoms with Crippen molar-refractivity contribution in [3.63, 3.8) is 0 Å². The molecule has 1 aromatic rings. The molecule has 0 unspecified atom stereocenters. The zero-order valence-electron chi connectivity index (χ0n) is 12.7. The third-order valence-corrected chi connectivity index (χ3v) is 4.14. The summed E-state index contributed by atoms with van der Waals surface area (Å²) in [5, 5.41) is 9.46. The van der Waals surface area contributed by atoms with Crippen LogP contribution < -0.4 is 0 Å². The van der Waals surface area contributed by atoms with Crippen LogP contribution in [0.2, 0.25) is 0 Å². The minimum absolute atomic E-state index is 0.0169. The van der Waals surface area contributed by atoms with E-state index in [4.69, 9.17) is 4.74 Å². The highest BCUT2D eigenvalue weighted by Gasteiger charge is 2.36. The summed E-state index contributed by atoms with van der Waals surface area (Å²) in [5.74, 6) is 0. The molecule has 1 amide bonds. The molecule has 0 bridgehead atoms. The Labute approximate surface area is 126 Å². The maximum Gasteiger partial charge on any atom is 0.410 e. The van der Waals surface area contributed by atoms with Crippen LogP contribution in [-0.4, -0.2) is 34.8 Å². The fraction of sp³-hybridized carbons (Fsp3) is 0.588. The quantitative estimate of drug-likeness (QED) is 0.874. The number of carbonyl (C=O) groups excluding carboxylic acids is 1. The lowest BCUT2D eigenvalue weighted by Crippen LogP contribution is -2.43. The molecule has 1 aromatic carbocycles. The van der Waals surface area contributed by atoms with Crippen LogP contribution in [0.4, 0.5) is 4.79 Å². The first-order valence-corrected chi connectivity index (χ1v) is 7.86. The van der Waals surface area contributed by atoms with Gasteiger partial charge < -0.3 is 9.84 Å². The van der Waals surface area contributed by atoms with Crippen LogP contribution in [0.1, 0.15) is 44.6 Å². The summed E-state index contributed by atoms with van der Waals surface area (Å²) < 4.78 is 5.43. The molecule has 1 aliphatic heterocycles. The number of hydrogen-bond donors (Lipinski definition) is 1. The lowest BCUT2D eigenvalue weighted by molar-refractivity contribution is 0.0632. The van der Waals surface area contributed by atoms with Gasteiger partial charge in [-0.2, -0.15) is 0 Å². The van der Waals surface area contributed by atoms with E-state index in [1.165, 1.54) is 0 Å². The van der Waals surface area contributed by atoms with Gasteiger partial charge in [-0.1, -0.05) is 50.1 Å². The zero-order valence-corrected chi connectivity index (χ0v) is 12.7. The predicted octanol–water partition coefficient (Wildman–Crippen LogP) is 3.34. The number of amides is 1. The summed E-state index contributed by atoms with van der Waals surface area (Å²) in [5.41, 5.74) is 0.982. The van der Waals surface area contributed by atoms with Crippen molar-refractivity contribution in [3.05, 3.63) is 35.9 Å². The van der Waals surface area contributed by atoms with E-state index >= 15 is 0 Å². The molecule has 0 radical (unpaired) electrons. The average Bonchev–Trinajstić information content (AvgIpc) is 2.94. The summed E-state index contributed by atoms with van der Waals surface area (Å²) >= 11 is 0. The van der Waals surface area contributed by atoms with Crippen molar-refractivity contribution in [2.24, 2.45) is 0 Å². The Morgan fingerprint density at radius 2 is 2.00 bits per heavy atom. The number of rotatable bonds is 6. The van der Waals surface area contributed by atoms with Gasteiger partial charge in [0.2, 0.25) is 0 Å². The molecule has 4 nitrogen and oxygen atoms in total. The summed E-state index contributed by atoms with van der Waals surface area (Å²) in [6.07, 6.45) is 4.75. The first-order valence-electron chi connectivity index (χ1n) is 7.86. The number of benzene rings is 1. The van der Waals surface area contributed by atoms with Crippen molar-refractivity contribution < 1.29 is 14.6 Å². The molecule has 0 spiro atoms. The van der Waals surface area contributed by atoms with E-state index in [1.807, 2.05) is 30.3 Å². The van der Waals surface area contributed by atoms with Gasteiger partial charge in [-0.05, 0) is 24.8 Å². The van der Waals surface area contributed by atoms with Gasteiger partial charge in [-0.15, -0.1) is 0 Å². The average molecular weight is 291 g/mol. The normalized spacial score (nSPS) is 21.5. The number of aliphatic hydroxyl groups excluding tert-OH is 1. The molecule has 0 saturated carbocycles. The topological polar surface area (TPSA) is 49.8 Å². The molecule has 1 heterocycles. The van der Waals surface area contributed by atoms with E-state index in [0.29, 0.717) is 0 Å². The molecule has 0 aliphatic carbocycles. The summed E-state index contributed by atoms with van der Waals surface area (Å²) in [4.78, 5) is 14.1. The number of hydrogen-bond acceptors (Lipinski definition) is 3. The van der Waals surface area contributed by atoms with Crippen LogP contribution in [0.25, 0.3) is 0 Å². The number of nitrogens with zero attached hydrogens (tertiary/aromatic N) is 1. The third-order valence-electron chi connectivity index (χ3n) is 4.14. The monoisotopic (exact) mass is 291 g/mol. The van der Waals surface area contributed by atoms with Crippen molar-refractivity contribution in [2.45, 2.75) is 57.7 Å². The Hall–Kier alpha value is -1.55. The first kappa shape index (κ1) is 15.8. The number of unbranched alkanes of at least 4 members (excludes halogenated alkanes) is 1. The Bertz CT molecular complexity index is 435. The van der Waals surface area contributed by atoms with Crippen LogP contribution in [0.5, 0.6) is 0 Å². The molecule has 1 fully saturated rings. The molecule has 1 saturated heterocycles. The SMILES string of the molecule is CCCC[C@H]1CC[C@@H](CO)N1C(=O)OCc1ccccc1. The summed E-state index contributed by atoms with van der Waals surface area (Å²) in [6, 6.07) is 9.80. The maximum atomic E-state index is 12.4. The molecular formula is C17H25NO3. The zero-order chi connectivity index (χ0) is 15.1. The molecule has 0 aromatic heterocycles. The van der Waals surface area contributed by atoms with Crippen molar-refractivity contribution in [1.82, 2.24) is 4.90 Å². The van der Waals surface area contributed by atoms with Crippen LogP contribution in [0.15, 0.2) is 30.3 Å². The summed E-state index contributed by atoms with van der Waals surface area (Å²) in [7, 11) is 0. The third kappa shape index (κ3) is 4.21. The molecule has 2 rings (SSSR count). The standard InChI is InChI=1S/C17H25NO3/c1-2-3-9-15-10-11-16(12-19)18(15)17(20)21-13-14-7-5-4-6-8-14/h4-8,15-16,19H,2-3,9-13H2,1H3/t15-,16-/m0/s1. The van der Waals surface area contributed by atoms with Gasteiger partial charge in [0.25, 0.3) is 0 Å². The van der Waals surface area contributed by atoms with Crippen molar-refractivity contribution in [3.8, 4) is 0 Å². The van der Waals surface area contributed by atoms with Gasteiger partial charge in [-0.3, -0.25) is 4.90 Å². The van der Waals surface area contributed by atoms with Gasteiger partial charge in [-0.25, -0.2) is 4.79 Å².